The number of H-pyrrole nitrogens is 1. The standard InChI is InChI=1S/C11H19N5O2/c1-5(2)8(13-11(12)18)10(17)14-9-6(3)7(4)15-16-9/h5,8H,1-4H3,(H3,12,13,18)(H2,14,15,16,17). The number of rotatable bonds is 4. The molecule has 0 aliphatic carbocycles. The van der Waals surface area contributed by atoms with Gasteiger partial charge in [0.1, 0.15) is 6.04 Å². The van der Waals surface area contributed by atoms with Crippen LogP contribution in [0.5, 0.6) is 0 Å². The van der Waals surface area contributed by atoms with Crippen LogP contribution in [0.15, 0.2) is 0 Å². The van der Waals surface area contributed by atoms with Crippen LogP contribution in [0.2, 0.25) is 0 Å². The van der Waals surface area contributed by atoms with Crippen molar-refractivity contribution in [3.05, 3.63) is 11.3 Å². The van der Waals surface area contributed by atoms with E-state index in [0.717, 1.165) is 11.3 Å². The first-order valence-electron chi connectivity index (χ1n) is 5.71. The largest absolute Gasteiger partial charge is 0.352 e. The number of hydrogen-bond acceptors (Lipinski definition) is 3. The van der Waals surface area contributed by atoms with E-state index < -0.39 is 12.1 Å². The lowest BCUT2D eigenvalue weighted by atomic mass is 10.0. The van der Waals surface area contributed by atoms with Gasteiger partial charge >= 0.3 is 6.03 Å². The topological polar surface area (TPSA) is 113 Å². The fourth-order valence-corrected chi connectivity index (χ4v) is 1.49. The number of primary amides is 1. The molecule has 100 valence electrons. The highest BCUT2D eigenvalue weighted by Gasteiger charge is 2.24. The van der Waals surface area contributed by atoms with Gasteiger partial charge in [-0.25, -0.2) is 4.79 Å². The highest BCUT2D eigenvalue weighted by molar-refractivity contribution is 5.96. The van der Waals surface area contributed by atoms with Crippen LogP contribution in [0.4, 0.5) is 10.6 Å². The first-order chi connectivity index (χ1) is 8.32. The SMILES string of the molecule is Cc1[nH]nc(NC(=O)C(NC(N)=O)C(C)C)c1C. The molecule has 1 aromatic heterocycles. The molecular formula is C11H19N5O2. The third-order valence-electron chi connectivity index (χ3n) is 2.74. The van der Waals surface area contributed by atoms with Crippen LogP contribution in [-0.2, 0) is 4.79 Å². The number of nitrogens with two attached hydrogens (primary N) is 1. The number of aromatic nitrogens is 2. The molecule has 0 saturated heterocycles. The molecule has 1 rings (SSSR count). The molecule has 0 radical (unpaired) electrons. The first-order valence-corrected chi connectivity index (χ1v) is 5.71. The number of anilines is 1. The Hall–Kier alpha value is -2.05. The second-order valence-corrected chi connectivity index (χ2v) is 4.54. The molecule has 0 spiro atoms. The lowest BCUT2D eigenvalue weighted by molar-refractivity contribution is -0.118. The van der Waals surface area contributed by atoms with Crippen LogP contribution in [-0.4, -0.2) is 28.2 Å². The molecule has 1 heterocycles. The summed E-state index contributed by atoms with van der Waals surface area (Å²) in [5.41, 5.74) is 6.79. The molecule has 7 heteroatoms. The minimum Gasteiger partial charge on any atom is -0.352 e. The maximum atomic E-state index is 12.0. The summed E-state index contributed by atoms with van der Waals surface area (Å²) in [7, 11) is 0. The van der Waals surface area contributed by atoms with E-state index in [0.29, 0.717) is 5.82 Å². The average molecular weight is 253 g/mol. The van der Waals surface area contributed by atoms with Crippen molar-refractivity contribution in [2.24, 2.45) is 11.7 Å². The highest BCUT2D eigenvalue weighted by Crippen LogP contribution is 2.14. The summed E-state index contributed by atoms with van der Waals surface area (Å²) in [4.78, 5) is 22.9. The Labute approximate surface area is 106 Å². The molecule has 3 amide bonds. The van der Waals surface area contributed by atoms with Gasteiger partial charge < -0.3 is 16.4 Å². The van der Waals surface area contributed by atoms with E-state index in [2.05, 4.69) is 20.8 Å². The number of carbonyl (C=O) groups is 2. The molecule has 7 nitrogen and oxygen atoms in total. The number of carbonyl (C=O) groups excluding carboxylic acids is 2. The smallest absolute Gasteiger partial charge is 0.312 e. The quantitative estimate of drug-likeness (QED) is 0.632. The predicted molar refractivity (Wildman–Crippen MR) is 68.0 cm³/mol. The van der Waals surface area contributed by atoms with Crippen molar-refractivity contribution >= 4 is 17.8 Å². The fourth-order valence-electron chi connectivity index (χ4n) is 1.49. The summed E-state index contributed by atoms with van der Waals surface area (Å²) >= 11 is 0. The van der Waals surface area contributed by atoms with Gasteiger partial charge in [0, 0.05) is 11.3 Å². The second-order valence-electron chi connectivity index (χ2n) is 4.54. The first kappa shape index (κ1) is 14.0. The monoisotopic (exact) mass is 253 g/mol. The molecule has 0 aliphatic rings. The normalized spacial score (nSPS) is 12.3. The molecule has 5 N–H and O–H groups in total. The van der Waals surface area contributed by atoms with Gasteiger partial charge in [0.15, 0.2) is 5.82 Å². The van der Waals surface area contributed by atoms with Crippen molar-refractivity contribution in [3.63, 3.8) is 0 Å². The summed E-state index contributed by atoms with van der Waals surface area (Å²) in [6.45, 7) is 7.35. The van der Waals surface area contributed by atoms with Gasteiger partial charge in [0.05, 0.1) is 0 Å². The summed E-state index contributed by atoms with van der Waals surface area (Å²) in [6, 6.07) is -1.40. The van der Waals surface area contributed by atoms with Crippen LogP contribution in [0.1, 0.15) is 25.1 Å². The van der Waals surface area contributed by atoms with Crippen LogP contribution in [0.25, 0.3) is 0 Å². The lowest BCUT2D eigenvalue weighted by Gasteiger charge is -2.20. The molecule has 0 bridgehead atoms. The average Bonchev–Trinajstić information content (AvgIpc) is 2.57. The minimum absolute atomic E-state index is 0.0714. The summed E-state index contributed by atoms with van der Waals surface area (Å²) in [5, 5.41) is 11.8. The number of aromatic amines is 1. The van der Waals surface area contributed by atoms with Crippen LogP contribution in [0, 0.1) is 19.8 Å². The van der Waals surface area contributed by atoms with Gasteiger partial charge in [0.2, 0.25) is 5.91 Å². The Balaban J connectivity index is 2.79. The molecule has 1 aromatic rings. The predicted octanol–water partition coefficient (Wildman–Crippen LogP) is 0.658. The molecule has 0 saturated carbocycles. The van der Waals surface area contributed by atoms with Crippen molar-refractivity contribution in [3.8, 4) is 0 Å². The van der Waals surface area contributed by atoms with Crippen LogP contribution in [0.3, 0.4) is 0 Å². The van der Waals surface area contributed by atoms with E-state index in [1.165, 1.54) is 0 Å². The van der Waals surface area contributed by atoms with Crippen molar-refractivity contribution in [1.82, 2.24) is 15.5 Å². The van der Waals surface area contributed by atoms with Gasteiger partial charge in [-0.15, -0.1) is 0 Å². The Bertz CT molecular complexity index is 452. The van der Waals surface area contributed by atoms with Crippen molar-refractivity contribution in [2.45, 2.75) is 33.7 Å². The van der Waals surface area contributed by atoms with Crippen molar-refractivity contribution in [2.75, 3.05) is 5.32 Å². The summed E-state index contributed by atoms with van der Waals surface area (Å²) < 4.78 is 0. The molecule has 1 unspecified atom stereocenters. The zero-order valence-corrected chi connectivity index (χ0v) is 11.0. The molecule has 0 aliphatic heterocycles. The number of urea groups is 1. The Morgan fingerprint density at radius 2 is 1.94 bits per heavy atom. The Kier molecular flexibility index (Phi) is 4.30. The Morgan fingerprint density at radius 3 is 2.33 bits per heavy atom. The zero-order valence-electron chi connectivity index (χ0n) is 11.0. The van der Waals surface area contributed by atoms with E-state index in [-0.39, 0.29) is 11.8 Å². The second kappa shape index (κ2) is 5.52. The Morgan fingerprint density at radius 1 is 1.33 bits per heavy atom. The number of amides is 3. The van der Waals surface area contributed by atoms with Crippen LogP contribution >= 0.6 is 0 Å². The number of aryl methyl sites for hydroxylation is 1. The van der Waals surface area contributed by atoms with Crippen molar-refractivity contribution in [1.29, 1.82) is 0 Å². The summed E-state index contributed by atoms with van der Waals surface area (Å²) in [5.74, 6) is 0.0608. The molecule has 1 atom stereocenters. The van der Waals surface area contributed by atoms with Gasteiger partial charge in [-0.1, -0.05) is 13.8 Å². The van der Waals surface area contributed by atoms with Gasteiger partial charge in [0.25, 0.3) is 0 Å². The molecule has 18 heavy (non-hydrogen) atoms. The maximum Gasteiger partial charge on any atom is 0.312 e. The van der Waals surface area contributed by atoms with E-state index in [1.807, 2.05) is 27.7 Å². The third-order valence-corrected chi connectivity index (χ3v) is 2.74. The van der Waals surface area contributed by atoms with Crippen LogP contribution < -0.4 is 16.4 Å². The zero-order chi connectivity index (χ0) is 13.9. The molecule has 0 aromatic carbocycles. The van der Waals surface area contributed by atoms with Gasteiger partial charge in [-0.2, -0.15) is 5.10 Å². The molecular weight excluding hydrogens is 234 g/mol. The van der Waals surface area contributed by atoms with E-state index >= 15 is 0 Å². The minimum atomic E-state index is -0.723. The van der Waals surface area contributed by atoms with Crippen molar-refractivity contribution < 1.29 is 9.59 Å². The number of hydrogen-bond donors (Lipinski definition) is 4. The third kappa shape index (κ3) is 3.22. The summed E-state index contributed by atoms with van der Waals surface area (Å²) in [6.07, 6.45) is 0. The van der Waals surface area contributed by atoms with E-state index in [9.17, 15) is 9.59 Å². The molecule has 0 fully saturated rings. The number of nitrogens with zero attached hydrogens (tertiary/aromatic N) is 1. The van der Waals surface area contributed by atoms with Gasteiger partial charge in [-0.3, -0.25) is 9.89 Å². The lowest BCUT2D eigenvalue weighted by Crippen LogP contribution is -2.49. The maximum absolute atomic E-state index is 12.0. The number of nitrogens with one attached hydrogen (secondary N) is 3. The van der Waals surface area contributed by atoms with Gasteiger partial charge in [-0.05, 0) is 19.8 Å². The highest BCUT2D eigenvalue weighted by atomic mass is 16.2. The van der Waals surface area contributed by atoms with E-state index in [4.69, 9.17) is 5.73 Å². The van der Waals surface area contributed by atoms with E-state index in [1.54, 1.807) is 0 Å². The fraction of sp³-hybridized carbons (Fsp3) is 0.545.